The summed E-state index contributed by atoms with van der Waals surface area (Å²) in [5, 5.41) is 8.79. The van der Waals surface area contributed by atoms with E-state index >= 15 is 0 Å². The average Bonchev–Trinajstić information content (AvgIpc) is 1.65. The molecule has 0 bridgehead atoms. The number of rotatable bonds is 2. The van der Waals surface area contributed by atoms with E-state index in [1.807, 2.05) is 6.92 Å². The molecule has 0 spiro atoms. The van der Waals surface area contributed by atoms with E-state index in [-0.39, 0.29) is 11.8 Å². The van der Waals surface area contributed by atoms with E-state index in [2.05, 4.69) is 9.24 Å². The van der Waals surface area contributed by atoms with Gasteiger partial charge in [0.2, 0.25) is 0 Å². The maximum Gasteiger partial charge on any atom is 0.0722 e. The summed E-state index contributed by atoms with van der Waals surface area (Å²) in [5.74, 6) is 0. The zero-order valence-electron chi connectivity index (χ0n) is 4.46. The van der Waals surface area contributed by atoms with E-state index in [0.29, 0.717) is 6.54 Å². The van der Waals surface area contributed by atoms with Crippen molar-refractivity contribution in [1.82, 2.24) is 0 Å². The van der Waals surface area contributed by atoms with Crippen molar-refractivity contribution in [3.8, 4) is 0 Å². The summed E-state index contributed by atoms with van der Waals surface area (Å²) in [4.78, 5) is 0. The van der Waals surface area contributed by atoms with Crippen LogP contribution in [0.2, 0.25) is 0 Å². The van der Waals surface area contributed by atoms with E-state index in [9.17, 15) is 0 Å². The standard InChI is InChI=1S/C4H12NOP/c1-3(7)4(6)2-5/h3-4,6H,2,5,7H2,1H3. The summed E-state index contributed by atoms with van der Waals surface area (Å²) < 4.78 is 0. The maximum absolute atomic E-state index is 8.79. The molecule has 2 nitrogen and oxygen atoms in total. The van der Waals surface area contributed by atoms with Crippen LogP contribution in [0, 0.1) is 0 Å². The van der Waals surface area contributed by atoms with Crippen LogP contribution in [0.1, 0.15) is 6.92 Å². The molecule has 0 amide bonds. The Morgan fingerprint density at radius 2 is 2.29 bits per heavy atom. The Hall–Kier alpha value is 0.350. The normalized spacial score (nSPS) is 18.9. The molecule has 0 aliphatic carbocycles. The molecule has 3 atom stereocenters. The largest absolute Gasteiger partial charge is 0.391 e. The van der Waals surface area contributed by atoms with Crippen LogP contribution in [-0.4, -0.2) is 23.4 Å². The molecule has 0 heterocycles. The lowest BCUT2D eigenvalue weighted by molar-refractivity contribution is 0.184. The molecule has 0 saturated carbocycles. The summed E-state index contributed by atoms with van der Waals surface area (Å²) in [6.07, 6.45) is -0.356. The molecule has 0 radical (unpaired) electrons. The van der Waals surface area contributed by atoms with Gasteiger partial charge in [0, 0.05) is 6.54 Å². The van der Waals surface area contributed by atoms with Crippen LogP contribution >= 0.6 is 9.24 Å². The molecule has 7 heavy (non-hydrogen) atoms. The van der Waals surface area contributed by atoms with Crippen molar-refractivity contribution < 1.29 is 5.11 Å². The Bertz CT molecular complexity index is 49.0. The number of hydrogen-bond donors (Lipinski definition) is 2. The molecule has 0 aliphatic rings. The van der Waals surface area contributed by atoms with Crippen molar-refractivity contribution in [2.24, 2.45) is 5.73 Å². The molecular formula is C4H12NOP. The molecule has 3 N–H and O–H groups in total. The number of aliphatic hydroxyl groups excluding tert-OH is 1. The highest BCUT2D eigenvalue weighted by atomic mass is 31.0. The van der Waals surface area contributed by atoms with Crippen LogP contribution in [0.5, 0.6) is 0 Å². The minimum Gasteiger partial charge on any atom is -0.391 e. The lowest BCUT2D eigenvalue weighted by Crippen LogP contribution is -2.26. The first-order chi connectivity index (χ1) is 3.18. The molecule has 0 rings (SSSR count). The van der Waals surface area contributed by atoms with Gasteiger partial charge in [-0.15, -0.1) is 9.24 Å². The SMILES string of the molecule is CC(P)C(O)CN. The van der Waals surface area contributed by atoms with Crippen molar-refractivity contribution in [3.63, 3.8) is 0 Å². The molecule has 0 aliphatic heterocycles. The third kappa shape index (κ3) is 2.98. The molecule has 3 unspecified atom stereocenters. The summed E-state index contributed by atoms with van der Waals surface area (Å²) in [6.45, 7) is 2.26. The van der Waals surface area contributed by atoms with Gasteiger partial charge in [0.25, 0.3) is 0 Å². The van der Waals surface area contributed by atoms with Gasteiger partial charge in [-0.05, 0) is 5.66 Å². The van der Waals surface area contributed by atoms with E-state index in [0.717, 1.165) is 0 Å². The van der Waals surface area contributed by atoms with Gasteiger partial charge in [-0.1, -0.05) is 6.92 Å². The molecule has 0 aromatic rings. The highest BCUT2D eigenvalue weighted by Gasteiger charge is 2.03. The minimum absolute atomic E-state index is 0.213. The molecule has 44 valence electrons. The summed E-state index contributed by atoms with van der Waals surface area (Å²) in [5.41, 5.74) is 5.32. The third-order valence-electron chi connectivity index (χ3n) is 0.848. The summed E-state index contributed by atoms with van der Waals surface area (Å²) in [6, 6.07) is 0. The van der Waals surface area contributed by atoms with Crippen molar-refractivity contribution in [2.75, 3.05) is 6.54 Å². The quantitative estimate of drug-likeness (QED) is 0.487. The molecular weight excluding hydrogens is 109 g/mol. The Morgan fingerprint density at radius 3 is 2.29 bits per heavy atom. The Balaban J connectivity index is 3.14. The molecule has 0 aromatic heterocycles. The van der Waals surface area contributed by atoms with Crippen LogP contribution < -0.4 is 5.73 Å². The number of hydrogen-bond acceptors (Lipinski definition) is 2. The zero-order chi connectivity index (χ0) is 5.86. The second-order valence-corrected chi connectivity index (χ2v) is 2.71. The van der Waals surface area contributed by atoms with Gasteiger partial charge in [0.1, 0.15) is 0 Å². The summed E-state index contributed by atoms with van der Waals surface area (Å²) in [7, 11) is 2.49. The first-order valence-electron chi connectivity index (χ1n) is 2.32. The molecule has 0 aromatic carbocycles. The maximum atomic E-state index is 8.79. The second kappa shape index (κ2) is 3.36. The van der Waals surface area contributed by atoms with Crippen LogP contribution in [0.3, 0.4) is 0 Å². The van der Waals surface area contributed by atoms with E-state index < -0.39 is 0 Å². The van der Waals surface area contributed by atoms with Gasteiger partial charge in [-0.3, -0.25) is 0 Å². The molecule has 3 heteroatoms. The fraction of sp³-hybridized carbons (Fsp3) is 1.00. The summed E-state index contributed by atoms with van der Waals surface area (Å²) >= 11 is 0. The van der Waals surface area contributed by atoms with Crippen molar-refractivity contribution in [2.45, 2.75) is 18.7 Å². The second-order valence-electron chi connectivity index (χ2n) is 1.66. The first-order valence-corrected chi connectivity index (χ1v) is 2.99. The van der Waals surface area contributed by atoms with Gasteiger partial charge in [-0.25, -0.2) is 0 Å². The van der Waals surface area contributed by atoms with Gasteiger partial charge in [0.05, 0.1) is 6.10 Å². The molecule has 0 saturated heterocycles. The van der Waals surface area contributed by atoms with Gasteiger partial charge < -0.3 is 10.8 Å². The Kier molecular flexibility index (Phi) is 3.53. The lowest BCUT2D eigenvalue weighted by Gasteiger charge is -2.09. The smallest absolute Gasteiger partial charge is 0.0722 e. The number of nitrogens with two attached hydrogens (primary N) is 1. The first kappa shape index (κ1) is 7.35. The predicted molar refractivity (Wildman–Crippen MR) is 34.2 cm³/mol. The molecule has 0 fully saturated rings. The van der Waals surface area contributed by atoms with Crippen LogP contribution in [0.15, 0.2) is 0 Å². The predicted octanol–water partition coefficient (Wildman–Crippen LogP) is -0.430. The fourth-order valence-corrected chi connectivity index (χ4v) is 0.372. The average molecular weight is 121 g/mol. The van der Waals surface area contributed by atoms with Crippen molar-refractivity contribution in [3.05, 3.63) is 0 Å². The monoisotopic (exact) mass is 121 g/mol. The zero-order valence-corrected chi connectivity index (χ0v) is 5.62. The van der Waals surface area contributed by atoms with E-state index in [4.69, 9.17) is 10.8 Å². The topological polar surface area (TPSA) is 46.2 Å². The fourth-order valence-electron chi connectivity index (χ4n) is 0.215. The van der Waals surface area contributed by atoms with Gasteiger partial charge in [-0.2, -0.15) is 0 Å². The Morgan fingerprint density at radius 1 is 1.86 bits per heavy atom. The van der Waals surface area contributed by atoms with Crippen molar-refractivity contribution in [1.29, 1.82) is 0 Å². The van der Waals surface area contributed by atoms with Gasteiger partial charge in [0.15, 0.2) is 0 Å². The van der Waals surface area contributed by atoms with Crippen molar-refractivity contribution >= 4 is 9.24 Å². The van der Waals surface area contributed by atoms with Crippen LogP contribution in [-0.2, 0) is 0 Å². The number of aliphatic hydroxyl groups is 1. The van der Waals surface area contributed by atoms with Gasteiger partial charge >= 0.3 is 0 Å². The highest BCUT2D eigenvalue weighted by molar-refractivity contribution is 7.17. The van der Waals surface area contributed by atoms with Crippen LogP contribution in [0.4, 0.5) is 0 Å². The van der Waals surface area contributed by atoms with Crippen LogP contribution in [0.25, 0.3) is 0 Å². The lowest BCUT2D eigenvalue weighted by atomic mass is 10.3. The highest BCUT2D eigenvalue weighted by Crippen LogP contribution is 2.01. The van der Waals surface area contributed by atoms with E-state index in [1.165, 1.54) is 0 Å². The Labute approximate surface area is 46.3 Å². The van der Waals surface area contributed by atoms with E-state index in [1.54, 1.807) is 0 Å². The minimum atomic E-state index is -0.356. The third-order valence-corrected chi connectivity index (χ3v) is 1.29.